The van der Waals surface area contributed by atoms with Crippen LogP contribution >= 0.6 is 0 Å². The second-order valence-electron chi connectivity index (χ2n) is 10.5. The molecular weight excluding hydrogens is 501 g/mol. The molecule has 3 heterocycles. The third-order valence-electron chi connectivity index (χ3n) is 6.73. The summed E-state index contributed by atoms with van der Waals surface area (Å²) in [4.78, 5) is 33.3. The Morgan fingerprint density at radius 2 is 1.84 bits per heavy atom. The van der Waals surface area contributed by atoms with Crippen LogP contribution < -0.4 is 0 Å². The van der Waals surface area contributed by atoms with E-state index in [1.54, 1.807) is 42.7 Å². The van der Waals surface area contributed by atoms with Crippen LogP contribution in [0.1, 0.15) is 60.5 Å². The van der Waals surface area contributed by atoms with E-state index < -0.39 is 23.8 Å². The number of alkyl halides is 3. The van der Waals surface area contributed by atoms with Gasteiger partial charge in [-0.2, -0.15) is 18.2 Å². The molecule has 8 nitrogen and oxygen atoms in total. The predicted molar refractivity (Wildman–Crippen MR) is 130 cm³/mol. The van der Waals surface area contributed by atoms with E-state index >= 15 is 0 Å². The molecule has 11 heteroatoms. The quantitative estimate of drug-likeness (QED) is 0.446. The number of amides is 2. The SMILES string of the molecule is CC(C)(C)OC(=O)N1CC[C@@H](c2ccccc2)[C@H](N2Cc3cc(-c4noc(C(F)(F)F)n4)ccc3C2=O)C1. The van der Waals surface area contributed by atoms with Crippen molar-refractivity contribution in [3.63, 3.8) is 0 Å². The molecule has 200 valence electrons. The van der Waals surface area contributed by atoms with E-state index in [9.17, 15) is 22.8 Å². The number of ether oxygens (including phenoxy) is 1. The van der Waals surface area contributed by atoms with Crippen LogP contribution in [0.4, 0.5) is 18.0 Å². The van der Waals surface area contributed by atoms with E-state index in [2.05, 4.69) is 14.7 Å². The Hall–Kier alpha value is -3.89. The largest absolute Gasteiger partial charge is 0.471 e. The van der Waals surface area contributed by atoms with Crippen molar-refractivity contribution in [2.75, 3.05) is 13.1 Å². The molecule has 2 aromatic carbocycles. The van der Waals surface area contributed by atoms with Crippen LogP contribution in [0.5, 0.6) is 0 Å². The Morgan fingerprint density at radius 3 is 2.50 bits per heavy atom. The summed E-state index contributed by atoms with van der Waals surface area (Å²) in [7, 11) is 0. The maximum atomic E-state index is 13.6. The van der Waals surface area contributed by atoms with E-state index in [4.69, 9.17) is 4.74 Å². The van der Waals surface area contributed by atoms with Gasteiger partial charge in [0.1, 0.15) is 5.60 Å². The number of nitrogens with zero attached hydrogens (tertiary/aromatic N) is 4. The first kappa shape index (κ1) is 25.7. The number of fused-ring (bicyclic) bond motifs is 1. The maximum absolute atomic E-state index is 13.6. The summed E-state index contributed by atoms with van der Waals surface area (Å²) in [6, 6.07) is 14.2. The summed E-state index contributed by atoms with van der Waals surface area (Å²) in [6.45, 7) is 6.43. The van der Waals surface area contributed by atoms with E-state index in [0.29, 0.717) is 36.2 Å². The van der Waals surface area contributed by atoms with Gasteiger partial charge in [0, 0.05) is 36.7 Å². The number of hydrogen-bond donors (Lipinski definition) is 0. The summed E-state index contributed by atoms with van der Waals surface area (Å²) >= 11 is 0. The lowest BCUT2D eigenvalue weighted by atomic mass is 9.84. The van der Waals surface area contributed by atoms with Crippen LogP contribution in [0, 0.1) is 0 Å². The van der Waals surface area contributed by atoms with Crippen molar-refractivity contribution >= 4 is 12.0 Å². The highest BCUT2D eigenvalue weighted by molar-refractivity contribution is 5.99. The molecule has 2 atom stereocenters. The monoisotopic (exact) mass is 528 g/mol. The van der Waals surface area contributed by atoms with E-state index in [-0.39, 0.29) is 30.2 Å². The zero-order valence-electron chi connectivity index (χ0n) is 21.2. The molecule has 0 aliphatic carbocycles. The zero-order valence-corrected chi connectivity index (χ0v) is 21.2. The van der Waals surface area contributed by atoms with Gasteiger partial charge in [0.05, 0.1) is 6.04 Å². The summed E-state index contributed by atoms with van der Waals surface area (Å²) in [5, 5.41) is 3.45. The maximum Gasteiger partial charge on any atom is 0.471 e. The predicted octanol–water partition coefficient (Wildman–Crippen LogP) is 5.50. The van der Waals surface area contributed by atoms with Gasteiger partial charge in [-0.15, -0.1) is 0 Å². The first-order chi connectivity index (χ1) is 17.9. The standard InChI is InChI=1S/C27H27F3N4O4/c1-26(2,3)37-25(36)33-12-11-19(16-7-5-4-6-8-16)21(15-33)34-14-18-13-17(9-10-20(18)23(34)35)22-31-24(38-32-22)27(28,29)30/h4-10,13,19,21H,11-12,14-15H2,1-3H3/t19-,21+/m0/s1. The lowest BCUT2D eigenvalue weighted by Crippen LogP contribution is -2.54. The van der Waals surface area contributed by atoms with Crippen molar-refractivity contribution in [3.05, 3.63) is 71.1 Å². The lowest BCUT2D eigenvalue weighted by molar-refractivity contribution is -0.159. The average molecular weight is 529 g/mol. The molecule has 0 N–H and O–H groups in total. The Labute approximate surface area is 217 Å². The molecule has 38 heavy (non-hydrogen) atoms. The average Bonchev–Trinajstić information content (AvgIpc) is 3.48. The van der Waals surface area contributed by atoms with Crippen molar-refractivity contribution in [3.8, 4) is 11.4 Å². The zero-order chi connectivity index (χ0) is 27.2. The third-order valence-corrected chi connectivity index (χ3v) is 6.73. The van der Waals surface area contributed by atoms with E-state index in [1.165, 1.54) is 6.07 Å². The van der Waals surface area contributed by atoms with Gasteiger partial charge in [-0.05, 0) is 50.5 Å². The minimum absolute atomic E-state index is 0.0147. The number of hydrogen-bond acceptors (Lipinski definition) is 6. The third kappa shape index (κ3) is 5.09. The molecule has 1 aromatic heterocycles. The first-order valence-corrected chi connectivity index (χ1v) is 12.3. The molecule has 2 aliphatic heterocycles. The number of benzene rings is 2. The summed E-state index contributed by atoms with van der Waals surface area (Å²) in [5.41, 5.74) is 1.83. The van der Waals surface area contributed by atoms with Crippen molar-refractivity contribution in [2.45, 2.75) is 57.5 Å². The van der Waals surface area contributed by atoms with E-state index in [0.717, 1.165) is 5.56 Å². The molecule has 0 saturated carbocycles. The van der Waals surface area contributed by atoms with Crippen molar-refractivity contribution < 1.29 is 32.0 Å². The van der Waals surface area contributed by atoms with Gasteiger partial charge in [0.2, 0.25) is 5.82 Å². The summed E-state index contributed by atoms with van der Waals surface area (Å²) in [6.07, 6.45) is -4.54. The molecule has 0 radical (unpaired) electrons. The Balaban J connectivity index is 1.43. The molecule has 0 unspecified atom stereocenters. The van der Waals surface area contributed by atoms with Gasteiger partial charge in [-0.25, -0.2) is 4.79 Å². The Kier molecular flexibility index (Phi) is 6.40. The summed E-state index contributed by atoms with van der Waals surface area (Å²) < 4.78 is 48.7. The van der Waals surface area contributed by atoms with Crippen molar-refractivity contribution in [2.24, 2.45) is 0 Å². The number of piperidine rings is 1. The van der Waals surface area contributed by atoms with Crippen LogP contribution in [0.3, 0.4) is 0 Å². The number of likely N-dealkylation sites (tertiary alicyclic amines) is 1. The van der Waals surface area contributed by atoms with Crippen LogP contribution in [0.2, 0.25) is 0 Å². The summed E-state index contributed by atoms with van der Waals surface area (Å²) in [5.74, 6) is -1.85. The highest BCUT2D eigenvalue weighted by Gasteiger charge is 2.43. The molecule has 3 aromatic rings. The van der Waals surface area contributed by atoms with Crippen LogP contribution in [-0.2, 0) is 17.5 Å². The molecule has 1 saturated heterocycles. The number of aromatic nitrogens is 2. The number of halogens is 3. The van der Waals surface area contributed by atoms with Gasteiger partial charge in [-0.3, -0.25) is 4.79 Å². The van der Waals surface area contributed by atoms with E-state index in [1.807, 2.05) is 30.3 Å². The minimum Gasteiger partial charge on any atom is -0.444 e. The molecule has 2 aliphatic rings. The smallest absolute Gasteiger partial charge is 0.444 e. The van der Waals surface area contributed by atoms with Crippen molar-refractivity contribution in [1.82, 2.24) is 19.9 Å². The fourth-order valence-corrected chi connectivity index (χ4v) is 5.03. The van der Waals surface area contributed by atoms with Crippen LogP contribution in [0.15, 0.2) is 53.1 Å². The molecule has 1 fully saturated rings. The molecule has 0 bridgehead atoms. The minimum atomic E-state index is -4.75. The molecular formula is C27H27F3N4O4. The van der Waals surface area contributed by atoms with Gasteiger partial charge in [0.15, 0.2) is 0 Å². The molecule has 0 spiro atoms. The van der Waals surface area contributed by atoms with Gasteiger partial charge in [-0.1, -0.05) is 41.6 Å². The highest BCUT2D eigenvalue weighted by Crippen LogP contribution is 2.38. The normalized spacial score (nSPS) is 20.0. The van der Waals surface area contributed by atoms with Gasteiger partial charge < -0.3 is 19.1 Å². The fourth-order valence-electron chi connectivity index (χ4n) is 5.03. The highest BCUT2D eigenvalue weighted by atomic mass is 19.4. The molecule has 5 rings (SSSR count). The van der Waals surface area contributed by atoms with Crippen LogP contribution in [0.25, 0.3) is 11.4 Å². The second-order valence-corrected chi connectivity index (χ2v) is 10.5. The first-order valence-electron chi connectivity index (χ1n) is 12.3. The topological polar surface area (TPSA) is 88.8 Å². The number of carbonyl (C=O) groups excluding carboxylic acids is 2. The Morgan fingerprint density at radius 1 is 1.11 bits per heavy atom. The van der Waals surface area contributed by atoms with Gasteiger partial charge >= 0.3 is 18.2 Å². The number of rotatable bonds is 3. The van der Waals surface area contributed by atoms with Crippen molar-refractivity contribution in [1.29, 1.82) is 0 Å². The lowest BCUT2D eigenvalue weighted by Gasteiger charge is -2.43. The van der Waals surface area contributed by atoms with Gasteiger partial charge in [0.25, 0.3) is 5.91 Å². The molecule has 2 amide bonds. The Bertz CT molecular complexity index is 1350. The van der Waals surface area contributed by atoms with Crippen LogP contribution in [-0.4, -0.2) is 56.7 Å². The number of carbonyl (C=O) groups is 2. The second kappa shape index (κ2) is 9.45. The fraction of sp³-hybridized carbons (Fsp3) is 0.407.